The van der Waals surface area contributed by atoms with Crippen LogP contribution in [0.25, 0.3) is 11.1 Å². The van der Waals surface area contributed by atoms with Gasteiger partial charge >= 0.3 is 5.97 Å². The van der Waals surface area contributed by atoms with Crippen molar-refractivity contribution in [3.05, 3.63) is 66.0 Å². The van der Waals surface area contributed by atoms with Crippen LogP contribution in [0.2, 0.25) is 0 Å². The quantitative estimate of drug-likeness (QED) is 0.357. The molecular weight excluding hydrogens is 422 g/mol. The van der Waals surface area contributed by atoms with E-state index in [4.69, 9.17) is 9.47 Å². The van der Waals surface area contributed by atoms with Crippen LogP contribution in [0.3, 0.4) is 0 Å². The number of nitrogens with zero attached hydrogens (tertiary/aromatic N) is 2. The Morgan fingerprint density at radius 2 is 1.81 bits per heavy atom. The van der Waals surface area contributed by atoms with Gasteiger partial charge in [-0.3, -0.25) is 14.2 Å². The average Bonchev–Trinajstić information content (AvgIpc) is 3.22. The van der Waals surface area contributed by atoms with Gasteiger partial charge in [0, 0.05) is 22.2 Å². The van der Waals surface area contributed by atoms with Crippen molar-refractivity contribution in [2.24, 2.45) is 0 Å². The van der Waals surface area contributed by atoms with Crippen molar-refractivity contribution >= 4 is 17.9 Å². The molecule has 0 saturated carbocycles. The molecule has 7 heteroatoms. The Morgan fingerprint density at radius 1 is 1.09 bits per heavy atom. The molecule has 4 rings (SSSR count). The highest BCUT2D eigenvalue weighted by molar-refractivity contribution is 7.97. The summed E-state index contributed by atoms with van der Waals surface area (Å²) in [7, 11) is 0. The molecule has 0 bridgehead atoms. The van der Waals surface area contributed by atoms with Crippen molar-refractivity contribution in [2.75, 3.05) is 13.2 Å². The van der Waals surface area contributed by atoms with E-state index >= 15 is 0 Å². The lowest BCUT2D eigenvalue weighted by atomic mass is 9.94. The van der Waals surface area contributed by atoms with Crippen LogP contribution in [0.5, 0.6) is 5.75 Å². The van der Waals surface area contributed by atoms with Crippen molar-refractivity contribution < 1.29 is 14.3 Å². The maximum Gasteiger partial charge on any atom is 0.327 e. The molecule has 6 nitrogen and oxygen atoms in total. The topological polar surface area (TPSA) is 65.4 Å². The number of hydrogen-bond acceptors (Lipinski definition) is 6. The minimum Gasteiger partial charge on any atom is -0.494 e. The van der Waals surface area contributed by atoms with Crippen LogP contribution < -0.4 is 9.46 Å². The van der Waals surface area contributed by atoms with Gasteiger partial charge in [-0.2, -0.15) is 5.10 Å². The van der Waals surface area contributed by atoms with Crippen molar-refractivity contribution in [3.8, 4) is 16.9 Å². The largest absolute Gasteiger partial charge is 0.494 e. The number of carbonyl (C=O) groups is 1. The van der Waals surface area contributed by atoms with Gasteiger partial charge in [0.25, 0.3) is 0 Å². The Hall–Kier alpha value is -2.77. The number of aromatic nitrogens is 2. The van der Waals surface area contributed by atoms with E-state index in [1.807, 2.05) is 32.2 Å². The second kappa shape index (κ2) is 10.7. The highest BCUT2D eigenvalue weighted by Crippen LogP contribution is 2.33. The summed E-state index contributed by atoms with van der Waals surface area (Å²) in [5, 5.41) is 4.45. The van der Waals surface area contributed by atoms with E-state index < -0.39 is 0 Å². The fourth-order valence-electron chi connectivity index (χ4n) is 3.97. The lowest BCUT2D eigenvalue weighted by molar-refractivity contribution is -0.144. The van der Waals surface area contributed by atoms with Gasteiger partial charge in [0.05, 0.1) is 19.4 Å². The van der Waals surface area contributed by atoms with Crippen LogP contribution in [0.15, 0.2) is 59.6 Å². The zero-order valence-corrected chi connectivity index (χ0v) is 19.4. The summed E-state index contributed by atoms with van der Waals surface area (Å²) >= 11 is 1.64. The van der Waals surface area contributed by atoms with Crippen LogP contribution >= 0.6 is 11.9 Å². The molecule has 1 N–H and O–H groups in total. The Bertz CT molecular complexity index is 1030. The smallest absolute Gasteiger partial charge is 0.327 e. The highest BCUT2D eigenvalue weighted by Gasteiger charge is 2.25. The summed E-state index contributed by atoms with van der Waals surface area (Å²) in [5.41, 5.74) is 4.66. The molecule has 1 atom stereocenters. The molecule has 0 amide bonds. The van der Waals surface area contributed by atoms with Crippen molar-refractivity contribution in [1.82, 2.24) is 14.5 Å². The fourth-order valence-corrected chi connectivity index (χ4v) is 4.77. The van der Waals surface area contributed by atoms with E-state index in [2.05, 4.69) is 46.2 Å². The first-order chi connectivity index (χ1) is 15.7. The highest BCUT2D eigenvalue weighted by atomic mass is 32.2. The number of benzene rings is 2. The molecule has 1 aliphatic rings. The van der Waals surface area contributed by atoms with Crippen molar-refractivity contribution in [3.63, 3.8) is 0 Å². The SMILES string of the molecule is CCOC(=O)Cn1ncc2c1CCCC2NSc1ccc(-c2ccc(OCC)cc2)cc1. The number of carbonyl (C=O) groups excluding carboxylic acids is 1. The molecule has 32 heavy (non-hydrogen) atoms. The van der Waals surface area contributed by atoms with E-state index in [0.717, 1.165) is 35.6 Å². The second-order valence-electron chi connectivity index (χ2n) is 7.66. The fraction of sp³-hybridized carbons (Fsp3) is 0.360. The summed E-state index contributed by atoms with van der Waals surface area (Å²) in [5.74, 6) is 0.653. The lowest BCUT2D eigenvalue weighted by Crippen LogP contribution is -2.22. The third-order valence-electron chi connectivity index (χ3n) is 5.52. The number of hydrogen-bond donors (Lipinski definition) is 1. The predicted molar refractivity (Wildman–Crippen MR) is 127 cm³/mol. The number of esters is 1. The van der Waals surface area contributed by atoms with Crippen LogP contribution in [-0.4, -0.2) is 29.0 Å². The normalized spacial score (nSPS) is 15.2. The molecule has 3 aromatic rings. The molecule has 0 fully saturated rings. The summed E-state index contributed by atoms with van der Waals surface area (Å²) in [6.45, 7) is 5.05. The Kier molecular flexibility index (Phi) is 7.50. The van der Waals surface area contributed by atoms with Crippen molar-refractivity contribution in [1.29, 1.82) is 0 Å². The number of ether oxygens (including phenoxy) is 2. The molecule has 1 heterocycles. The van der Waals surface area contributed by atoms with Gasteiger partial charge in [-0.05, 0) is 80.5 Å². The number of nitrogens with one attached hydrogen (secondary N) is 1. The summed E-state index contributed by atoms with van der Waals surface area (Å²) in [6.07, 6.45) is 4.95. The summed E-state index contributed by atoms with van der Waals surface area (Å²) < 4.78 is 16.0. The molecule has 1 aromatic heterocycles. The van der Waals surface area contributed by atoms with E-state index in [-0.39, 0.29) is 18.6 Å². The molecule has 0 aliphatic heterocycles. The molecule has 0 saturated heterocycles. The summed E-state index contributed by atoms with van der Waals surface area (Å²) in [4.78, 5) is 13.0. The lowest BCUT2D eigenvalue weighted by Gasteiger charge is -2.23. The van der Waals surface area contributed by atoms with E-state index in [9.17, 15) is 4.79 Å². The van der Waals surface area contributed by atoms with Gasteiger partial charge < -0.3 is 9.47 Å². The first kappa shape index (κ1) is 22.4. The van der Waals surface area contributed by atoms with Crippen molar-refractivity contribution in [2.45, 2.75) is 50.6 Å². The Balaban J connectivity index is 1.37. The monoisotopic (exact) mass is 451 g/mol. The number of fused-ring (bicyclic) bond motifs is 1. The van der Waals surface area contributed by atoms with Gasteiger partial charge in [-0.1, -0.05) is 24.3 Å². The van der Waals surface area contributed by atoms with Gasteiger partial charge in [0.1, 0.15) is 12.3 Å². The average molecular weight is 452 g/mol. The van der Waals surface area contributed by atoms with Crippen LogP contribution in [-0.2, 0) is 22.5 Å². The zero-order valence-electron chi connectivity index (χ0n) is 18.5. The van der Waals surface area contributed by atoms with E-state index in [0.29, 0.717) is 13.2 Å². The van der Waals surface area contributed by atoms with Gasteiger partial charge in [-0.15, -0.1) is 0 Å². The maximum atomic E-state index is 11.9. The maximum absolute atomic E-state index is 11.9. The van der Waals surface area contributed by atoms with Crippen LogP contribution in [0.1, 0.15) is 44.0 Å². The van der Waals surface area contributed by atoms with E-state index in [1.54, 1.807) is 16.6 Å². The van der Waals surface area contributed by atoms with Crippen LogP contribution in [0, 0.1) is 0 Å². The Morgan fingerprint density at radius 3 is 2.50 bits per heavy atom. The number of rotatable bonds is 9. The third-order valence-corrected chi connectivity index (χ3v) is 6.43. The molecule has 1 aliphatic carbocycles. The Labute approximate surface area is 193 Å². The minimum absolute atomic E-state index is 0.177. The van der Waals surface area contributed by atoms with Crippen LogP contribution in [0.4, 0.5) is 0 Å². The third kappa shape index (κ3) is 5.34. The van der Waals surface area contributed by atoms with E-state index in [1.165, 1.54) is 16.7 Å². The van der Waals surface area contributed by atoms with Gasteiger partial charge in [-0.25, -0.2) is 0 Å². The molecule has 1 unspecified atom stereocenters. The molecular formula is C25H29N3O3S. The molecule has 0 radical (unpaired) electrons. The molecule has 168 valence electrons. The first-order valence-corrected chi connectivity index (χ1v) is 12.0. The first-order valence-electron chi connectivity index (χ1n) is 11.1. The molecule has 2 aromatic carbocycles. The minimum atomic E-state index is -0.240. The van der Waals surface area contributed by atoms with Gasteiger partial charge in [0.2, 0.25) is 0 Å². The molecule has 0 spiro atoms. The standard InChI is InChI=1S/C25H29N3O3S/c1-3-30-20-12-8-18(9-13-20)19-10-14-21(15-11-19)32-27-23-6-5-7-24-22(23)16-26-28(24)17-25(29)31-4-2/h8-16,23,27H,3-7,17H2,1-2H3. The summed E-state index contributed by atoms with van der Waals surface area (Å²) in [6, 6.07) is 17.0. The van der Waals surface area contributed by atoms with Gasteiger partial charge in [0.15, 0.2) is 0 Å². The zero-order chi connectivity index (χ0) is 22.3. The second-order valence-corrected chi connectivity index (χ2v) is 8.57. The predicted octanol–water partition coefficient (Wildman–Crippen LogP) is 5.19.